The lowest BCUT2D eigenvalue weighted by Crippen LogP contribution is -2.34. The quantitative estimate of drug-likeness (QED) is 0.820. The molecule has 2 nitrogen and oxygen atoms in total. The second kappa shape index (κ2) is 7.36. The highest BCUT2D eigenvalue weighted by Crippen LogP contribution is 2.38. The number of unbranched alkanes of at least 4 members (excludes halogenated alkanes) is 1. The largest absolute Gasteiger partial charge is 0.491 e. The molecule has 0 radical (unpaired) electrons. The topological polar surface area (TPSA) is 40.5 Å². The standard InChI is InChI=1S/C16H23BF2O2/c1-2-3-4-11-5-7-12(8-6-11)13-9-10-14(17(20)21)16(19)15(13)18/h9-12,20-21H,2-8H2,1H3. The van der Waals surface area contributed by atoms with E-state index in [0.717, 1.165) is 25.7 Å². The molecule has 116 valence electrons. The molecule has 5 heteroatoms. The highest BCUT2D eigenvalue weighted by molar-refractivity contribution is 6.58. The van der Waals surface area contributed by atoms with Crippen LogP contribution >= 0.6 is 0 Å². The molecule has 0 bridgehead atoms. The van der Waals surface area contributed by atoms with Gasteiger partial charge in [-0.2, -0.15) is 0 Å². The van der Waals surface area contributed by atoms with E-state index < -0.39 is 24.2 Å². The summed E-state index contributed by atoms with van der Waals surface area (Å²) < 4.78 is 27.9. The maximum atomic E-state index is 14.1. The molecule has 0 atom stereocenters. The van der Waals surface area contributed by atoms with E-state index in [0.29, 0.717) is 11.5 Å². The van der Waals surface area contributed by atoms with Gasteiger partial charge in [0.2, 0.25) is 0 Å². The van der Waals surface area contributed by atoms with Gasteiger partial charge in [-0.1, -0.05) is 38.3 Å². The molecule has 0 amide bonds. The van der Waals surface area contributed by atoms with Crippen LogP contribution in [0.5, 0.6) is 0 Å². The van der Waals surface area contributed by atoms with Crippen LogP contribution in [0.1, 0.15) is 63.4 Å². The maximum Gasteiger partial charge on any atom is 0.491 e. The molecule has 0 aromatic heterocycles. The zero-order valence-corrected chi connectivity index (χ0v) is 12.5. The summed E-state index contributed by atoms with van der Waals surface area (Å²) in [5.74, 6) is -1.29. The second-order valence-corrected chi connectivity index (χ2v) is 6.11. The van der Waals surface area contributed by atoms with Crippen LogP contribution in [0.2, 0.25) is 0 Å². The average molecular weight is 296 g/mol. The van der Waals surface area contributed by atoms with E-state index in [4.69, 9.17) is 10.0 Å². The fourth-order valence-corrected chi connectivity index (χ4v) is 3.35. The Morgan fingerprint density at radius 3 is 2.33 bits per heavy atom. The normalized spacial score (nSPS) is 22.3. The summed E-state index contributed by atoms with van der Waals surface area (Å²) in [4.78, 5) is 0. The fraction of sp³-hybridized carbons (Fsp3) is 0.625. The van der Waals surface area contributed by atoms with Gasteiger partial charge in [-0.3, -0.25) is 0 Å². The summed E-state index contributed by atoms with van der Waals surface area (Å²) in [5.41, 5.74) is -0.0151. The van der Waals surface area contributed by atoms with Crippen LogP contribution in [-0.4, -0.2) is 17.2 Å². The molecule has 2 rings (SSSR count). The van der Waals surface area contributed by atoms with Gasteiger partial charge in [0, 0.05) is 5.46 Å². The summed E-state index contributed by atoms with van der Waals surface area (Å²) in [6.45, 7) is 2.18. The van der Waals surface area contributed by atoms with E-state index in [-0.39, 0.29) is 5.92 Å². The predicted molar refractivity (Wildman–Crippen MR) is 80.4 cm³/mol. The first-order valence-corrected chi connectivity index (χ1v) is 7.88. The van der Waals surface area contributed by atoms with Crippen molar-refractivity contribution >= 4 is 12.6 Å². The van der Waals surface area contributed by atoms with E-state index in [1.165, 1.54) is 31.4 Å². The lowest BCUT2D eigenvalue weighted by Gasteiger charge is -2.29. The smallest absolute Gasteiger partial charge is 0.423 e. The third-order valence-electron chi connectivity index (χ3n) is 4.67. The van der Waals surface area contributed by atoms with Gasteiger partial charge in [0.1, 0.15) is 0 Å². The number of benzene rings is 1. The van der Waals surface area contributed by atoms with Crippen molar-refractivity contribution in [1.29, 1.82) is 0 Å². The number of rotatable bonds is 5. The molecule has 1 saturated carbocycles. The third kappa shape index (κ3) is 3.83. The average Bonchev–Trinajstić information content (AvgIpc) is 2.48. The summed E-state index contributed by atoms with van der Waals surface area (Å²) in [6.07, 6.45) is 7.56. The van der Waals surface area contributed by atoms with Gasteiger partial charge in [0.25, 0.3) is 0 Å². The Balaban J connectivity index is 2.05. The van der Waals surface area contributed by atoms with E-state index in [9.17, 15) is 8.78 Å². The molecule has 0 saturated heterocycles. The molecule has 0 heterocycles. The van der Waals surface area contributed by atoms with Crippen molar-refractivity contribution in [3.8, 4) is 0 Å². The van der Waals surface area contributed by atoms with E-state index in [2.05, 4.69) is 6.92 Å². The van der Waals surface area contributed by atoms with Crippen molar-refractivity contribution in [1.82, 2.24) is 0 Å². The molecule has 0 spiro atoms. The van der Waals surface area contributed by atoms with Gasteiger partial charge >= 0.3 is 7.12 Å². The van der Waals surface area contributed by atoms with Crippen molar-refractivity contribution < 1.29 is 18.8 Å². The molecule has 2 N–H and O–H groups in total. The molecule has 1 aromatic carbocycles. The zero-order chi connectivity index (χ0) is 15.4. The highest BCUT2D eigenvalue weighted by atomic mass is 19.2. The van der Waals surface area contributed by atoms with Gasteiger partial charge in [0.05, 0.1) is 0 Å². The molecule has 21 heavy (non-hydrogen) atoms. The van der Waals surface area contributed by atoms with Crippen LogP contribution in [-0.2, 0) is 0 Å². The summed E-state index contributed by atoms with van der Waals surface area (Å²) in [6, 6.07) is 2.78. The van der Waals surface area contributed by atoms with Crippen molar-refractivity contribution in [2.45, 2.75) is 57.8 Å². The van der Waals surface area contributed by atoms with Crippen LogP contribution < -0.4 is 5.46 Å². The Labute approximate surface area is 125 Å². The van der Waals surface area contributed by atoms with Gasteiger partial charge in [-0.25, -0.2) is 8.78 Å². The Bertz CT molecular complexity index is 472. The van der Waals surface area contributed by atoms with Crippen LogP contribution in [0, 0.1) is 17.6 Å². The molecular formula is C16H23BF2O2. The highest BCUT2D eigenvalue weighted by Gasteiger charge is 2.28. The van der Waals surface area contributed by atoms with E-state index in [1.807, 2.05) is 0 Å². The Morgan fingerprint density at radius 2 is 1.76 bits per heavy atom. The Hall–Kier alpha value is -0.935. The maximum absolute atomic E-state index is 14.1. The van der Waals surface area contributed by atoms with Gasteiger partial charge < -0.3 is 10.0 Å². The van der Waals surface area contributed by atoms with Crippen LogP contribution in [0.3, 0.4) is 0 Å². The summed E-state index contributed by atoms with van der Waals surface area (Å²) in [5, 5.41) is 18.0. The molecule has 1 aliphatic carbocycles. The van der Waals surface area contributed by atoms with Crippen LogP contribution in [0.15, 0.2) is 12.1 Å². The van der Waals surface area contributed by atoms with E-state index >= 15 is 0 Å². The van der Waals surface area contributed by atoms with Crippen molar-refractivity contribution in [3.05, 3.63) is 29.3 Å². The first-order valence-electron chi connectivity index (χ1n) is 7.88. The summed E-state index contributed by atoms with van der Waals surface area (Å²) in [7, 11) is -1.97. The van der Waals surface area contributed by atoms with Crippen LogP contribution in [0.25, 0.3) is 0 Å². The number of halogens is 2. The predicted octanol–water partition coefficient (Wildman–Crippen LogP) is 3.11. The number of hydrogen-bond acceptors (Lipinski definition) is 2. The van der Waals surface area contributed by atoms with Crippen LogP contribution in [0.4, 0.5) is 8.78 Å². The first kappa shape index (κ1) is 16.4. The third-order valence-corrected chi connectivity index (χ3v) is 4.67. The zero-order valence-electron chi connectivity index (χ0n) is 12.5. The van der Waals surface area contributed by atoms with Gasteiger partial charge in [0.15, 0.2) is 11.6 Å². The Kier molecular flexibility index (Phi) is 5.76. The molecule has 1 aliphatic rings. The van der Waals surface area contributed by atoms with Crippen molar-refractivity contribution in [2.75, 3.05) is 0 Å². The molecular weight excluding hydrogens is 273 g/mol. The first-order chi connectivity index (χ1) is 10.0. The molecule has 1 aromatic rings. The Morgan fingerprint density at radius 1 is 1.10 bits per heavy atom. The lowest BCUT2D eigenvalue weighted by atomic mass is 9.74. The van der Waals surface area contributed by atoms with Crippen molar-refractivity contribution in [2.24, 2.45) is 5.92 Å². The van der Waals surface area contributed by atoms with E-state index in [1.54, 1.807) is 0 Å². The second-order valence-electron chi connectivity index (χ2n) is 6.11. The molecule has 0 unspecified atom stereocenters. The minimum absolute atomic E-state index is 0.0438. The molecule has 0 aliphatic heterocycles. The van der Waals surface area contributed by atoms with Gasteiger partial charge in [-0.05, 0) is 43.1 Å². The lowest BCUT2D eigenvalue weighted by molar-refractivity contribution is 0.299. The summed E-state index contributed by atoms with van der Waals surface area (Å²) >= 11 is 0. The SMILES string of the molecule is CCCCC1CCC(c2ccc(B(O)O)c(F)c2F)CC1. The molecule has 1 fully saturated rings. The van der Waals surface area contributed by atoms with Gasteiger partial charge in [-0.15, -0.1) is 0 Å². The monoisotopic (exact) mass is 296 g/mol. The minimum atomic E-state index is -1.97. The fourth-order valence-electron chi connectivity index (χ4n) is 3.35. The van der Waals surface area contributed by atoms with Crippen molar-refractivity contribution in [3.63, 3.8) is 0 Å². The number of hydrogen-bond donors (Lipinski definition) is 2. The minimum Gasteiger partial charge on any atom is -0.423 e.